The molecule has 0 aromatic carbocycles. The SMILES string of the molecule is CCCCCC/C=C\C/C=C\CCCCCCCC(=O)OCCCCCCCCCCCCCC/C=C\CCCCCCCCCCCCCCCCCC(=O)NC(CO)C(O)/C=C/CCCCCCCCCCCCCCCCCCC. The Labute approximate surface area is 518 Å². The van der Waals surface area contributed by atoms with Crippen molar-refractivity contribution >= 4 is 11.9 Å². The zero-order valence-electron chi connectivity index (χ0n) is 55.9. The average molecular weight is 1170 g/mol. The summed E-state index contributed by atoms with van der Waals surface area (Å²) < 4.78 is 5.49. The Morgan fingerprint density at radius 2 is 0.602 bits per heavy atom. The number of aliphatic hydroxyl groups is 2. The third-order valence-corrected chi connectivity index (χ3v) is 17.3. The standard InChI is InChI=1S/C77H145NO5/c1-3-5-7-9-11-13-15-17-19-21-35-38-41-45-49-53-57-61-65-69-75(80)74(73-79)78-76(81)70-66-62-58-54-50-46-42-39-36-33-31-29-27-25-23-22-24-26-28-30-32-34-37-40-44-48-52-56-60-64-68-72-83-77(82)71-67-63-59-55-51-47-43-20-18-16-14-12-10-8-6-4-2/h14,16,20,24,26,43,65,69,74-75,79-80H,3-13,15,17-19,21-23,25,27-42,44-64,66-68,70-73H2,1-2H3,(H,78,81)/b16-14-,26-24-,43-20-,69-65+. The first kappa shape index (κ1) is 80.8. The van der Waals surface area contributed by atoms with E-state index in [1.807, 2.05) is 6.08 Å². The van der Waals surface area contributed by atoms with Crippen LogP contribution in [0.5, 0.6) is 0 Å². The molecule has 6 nitrogen and oxygen atoms in total. The lowest BCUT2D eigenvalue weighted by Gasteiger charge is -2.20. The van der Waals surface area contributed by atoms with Crippen molar-refractivity contribution in [3.8, 4) is 0 Å². The number of ether oxygens (including phenoxy) is 1. The molecule has 3 N–H and O–H groups in total. The van der Waals surface area contributed by atoms with Crippen LogP contribution in [0, 0.1) is 0 Å². The van der Waals surface area contributed by atoms with Crippen LogP contribution in [-0.4, -0.2) is 47.4 Å². The maximum Gasteiger partial charge on any atom is 0.305 e. The van der Waals surface area contributed by atoms with Crippen molar-refractivity contribution in [2.45, 2.75) is 418 Å². The zero-order valence-corrected chi connectivity index (χ0v) is 55.9. The highest BCUT2D eigenvalue weighted by Crippen LogP contribution is 2.19. The third-order valence-electron chi connectivity index (χ3n) is 17.3. The van der Waals surface area contributed by atoms with E-state index in [1.54, 1.807) is 6.08 Å². The van der Waals surface area contributed by atoms with E-state index in [0.717, 1.165) is 51.4 Å². The van der Waals surface area contributed by atoms with Crippen LogP contribution in [0.3, 0.4) is 0 Å². The van der Waals surface area contributed by atoms with Gasteiger partial charge in [-0.2, -0.15) is 0 Å². The van der Waals surface area contributed by atoms with Gasteiger partial charge in [0, 0.05) is 12.8 Å². The summed E-state index contributed by atoms with van der Waals surface area (Å²) in [6.07, 6.45) is 94.9. The fourth-order valence-corrected chi connectivity index (χ4v) is 11.6. The Balaban J connectivity index is 3.39. The van der Waals surface area contributed by atoms with Crippen LogP contribution in [0.15, 0.2) is 48.6 Å². The molecule has 0 rings (SSSR count). The number of esters is 1. The zero-order chi connectivity index (χ0) is 59.9. The van der Waals surface area contributed by atoms with Crippen molar-refractivity contribution < 1.29 is 24.5 Å². The van der Waals surface area contributed by atoms with Crippen molar-refractivity contribution in [3.63, 3.8) is 0 Å². The first-order valence-corrected chi connectivity index (χ1v) is 37.4. The number of carbonyl (C=O) groups excluding carboxylic acids is 2. The van der Waals surface area contributed by atoms with Crippen LogP contribution in [0.25, 0.3) is 0 Å². The number of allylic oxidation sites excluding steroid dienone is 7. The van der Waals surface area contributed by atoms with E-state index >= 15 is 0 Å². The van der Waals surface area contributed by atoms with Crippen LogP contribution in [0.1, 0.15) is 406 Å². The average Bonchev–Trinajstić information content (AvgIpc) is 3.48. The van der Waals surface area contributed by atoms with E-state index in [0.29, 0.717) is 19.4 Å². The number of hydrogen-bond donors (Lipinski definition) is 3. The molecule has 0 saturated heterocycles. The van der Waals surface area contributed by atoms with E-state index in [9.17, 15) is 19.8 Å². The van der Waals surface area contributed by atoms with Gasteiger partial charge in [0.05, 0.1) is 25.4 Å². The number of aliphatic hydroxyl groups excluding tert-OH is 2. The molecule has 0 spiro atoms. The molecule has 0 fully saturated rings. The number of unbranched alkanes of at least 4 members (excludes halogenated alkanes) is 53. The summed E-state index contributed by atoms with van der Waals surface area (Å²) in [5, 5.41) is 23.2. The normalized spacial score (nSPS) is 12.8. The molecule has 0 aliphatic carbocycles. The van der Waals surface area contributed by atoms with E-state index in [4.69, 9.17) is 4.74 Å². The minimum absolute atomic E-state index is 0.00416. The number of amides is 1. The van der Waals surface area contributed by atoms with Gasteiger partial charge in [0.15, 0.2) is 0 Å². The lowest BCUT2D eigenvalue weighted by atomic mass is 10.0. The summed E-state index contributed by atoms with van der Waals surface area (Å²) in [5.41, 5.74) is 0. The molecular formula is C77H145NO5. The molecule has 2 unspecified atom stereocenters. The van der Waals surface area contributed by atoms with E-state index in [2.05, 4.69) is 55.6 Å². The summed E-state index contributed by atoms with van der Waals surface area (Å²) in [7, 11) is 0. The summed E-state index contributed by atoms with van der Waals surface area (Å²) in [4.78, 5) is 24.6. The van der Waals surface area contributed by atoms with Gasteiger partial charge in [-0.15, -0.1) is 0 Å². The minimum Gasteiger partial charge on any atom is -0.466 e. The molecule has 0 aromatic rings. The summed E-state index contributed by atoms with van der Waals surface area (Å²) in [6.45, 7) is 4.91. The van der Waals surface area contributed by atoms with Crippen molar-refractivity contribution in [1.82, 2.24) is 5.32 Å². The maximum absolute atomic E-state index is 12.5. The highest BCUT2D eigenvalue weighted by molar-refractivity contribution is 5.76. The molecule has 0 heterocycles. The minimum atomic E-state index is -0.844. The molecule has 0 saturated carbocycles. The number of rotatable bonds is 70. The summed E-state index contributed by atoms with van der Waals surface area (Å²) >= 11 is 0. The lowest BCUT2D eigenvalue weighted by molar-refractivity contribution is -0.143. The largest absolute Gasteiger partial charge is 0.466 e. The van der Waals surface area contributed by atoms with Crippen LogP contribution >= 0.6 is 0 Å². The van der Waals surface area contributed by atoms with Crippen molar-refractivity contribution in [1.29, 1.82) is 0 Å². The van der Waals surface area contributed by atoms with E-state index in [1.165, 1.54) is 327 Å². The number of carbonyl (C=O) groups is 2. The highest BCUT2D eigenvalue weighted by Gasteiger charge is 2.18. The van der Waals surface area contributed by atoms with Crippen LogP contribution in [0.2, 0.25) is 0 Å². The predicted octanol–water partition coefficient (Wildman–Crippen LogP) is 24.4. The molecule has 1 amide bonds. The van der Waals surface area contributed by atoms with Gasteiger partial charge in [0.25, 0.3) is 0 Å². The Bertz CT molecular complexity index is 1390. The fourth-order valence-electron chi connectivity index (χ4n) is 11.6. The van der Waals surface area contributed by atoms with Gasteiger partial charge < -0.3 is 20.3 Å². The topological polar surface area (TPSA) is 95.9 Å². The summed E-state index contributed by atoms with van der Waals surface area (Å²) in [5.74, 6) is -0.0585. The van der Waals surface area contributed by atoms with Crippen LogP contribution in [0.4, 0.5) is 0 Å². The molecule has 0 aliphatic rings. The molecular weight excluding hydrogens is 1020 g/mol. The molecule has 83 heavy (non-hydrogen) atoms. The lowest BCUT2D eigenvalue weighted by Crippen LogP contribution is -2.45. The molecule has 0 aliphatic heterocycles. The van der Waals surface area contributed by atoms with Gasteiger partial charge in [-0.3, -0.25) is 9.59 Å². The quantitative estimate of drug-likeness (QED) is 0.0320. The Morgan fingerprint density at radius 3 is 0.940 bits per heavy atom. The molecule has 0 radical (unpaired) electrons. The first-order valence-electron chi connectivity index (χ1n) is 37.4. The fraction of sp³-hybridized carbons (Fsp3) is 0.870. The molecule has 488 valence electrons. The summed E-state index contributed by atoms with van der Waals surface area (Å²) in [6, 6.07) is -0.628. The Hall–Kier alpha value is -2.18. The van der Waals surface area contributed by atoms with Crippen molar-refractivity contribution in [2.24, 2.45) is 0 Å². The second-order valence-corrected chi connectivity index (χ2v) is 25.6. The van der Waals surface area contributed by atoms with E-state index < -0.39 is 12.1 Å². The molecule has 0 aromatic heterocycles. The smallest absolute Gasteiger partial charge is 0.305 e. The Morgan fingerprint density at radius 1 is 0.337 bits per heavy atom. The van der Waals surface area contributed by atoms with Crippen molar-refractivity contribution in [3.05, 3.63) is 48.6 Å². The number of nitrogens with one attached hydrogen (secondary N) is 1. The molecule has 2 atom stereocenters. The van der Waals surface area contributed by atoms with Gasteiger partial charge in [0.1, 0.15) is 0 Å². The van der Waals surface area contributed by atoms with E-state index in [-0.39, 0.29) is 18.5 Å². The second kappa shape index (κ2) is 72.3. The van der Waals surface area contributed by atoms with Gasteiger partial charge >= 0.3 is 5.97 Å². The van der Waals surface area contributed by atoms with Crippen LogP contribution < -0.4 is 5.32 Å². The third kappa shape index (κ3) is 68.8. The number of hydrogen-bond acceptors (Lipinski definition) is 5. The Kier molecular flexibility index (Phi) is 70.4. The van der Waals surface area contributed by atoms with Gasteiger partial charge in [0.2, 0.25) is 5.91 Å². The molecule has 6 heteroatoms. The maximum atomic E-state index is 12.5. The van der Waals surface area contributed by atoms with Crippen molar-refractivity contribution in [2.75, 3.05) is 13.2 Å². The van der Waals surface area contributed by atoms with Crippen LogP contribution in [-0.2, 0) is 14.3 Å². The van der Waals surface area contributed by atoms with Gasteiger partial charge in [-0.05, 0) is 89.9 Å². The monoisotopic (exact) mass is 1160 g/mol. The predicted molar refractivity (Wildman–Crippen MR) is 366 cm³/mol. The van der Waals surface area contributed by atoms with Gasteiger partial charge in [-0.25, -0.2) is 0 Å². The highest BCUT2D eigenvalue weighted by atomic mass is 16.5. The first-order chi connectivity index (χ1) is 41.0. The second-order valence-electron chi connectivity index (χ2n) is 25.6. The van der Waals surface area contributed by atoms with Gasteiger partial charge in [-0.1, -0.05) is 351 Å². The molecule has 0 bridgehead atoms.